The lowest BCUT2D eigenvalue weighted by Crippen LogP contribution is -2.52. The Hall–Kier alpha value is -3.03. The molecule has 3 aromatic carbocycles. The molecule has 0 spiro atoms. The molecule has 3 aromatic rings. The van der Waals surface area contributed by atoms with Gasteiger partial charge in [0.15, 0.2) is 0 Å². The molecule has 0 unspecified atom stereocenters. The first-order valence-electron chi connectivity index (χ1n) is 10.0. The standard InChI is InChI=1S/C24H23FN2O3S/c1-17-6-8-18(9-7-17)15-26-24(28)23-14-19-4-2-3-5-20(19)16-27(23)31(29,30)22-12-10-21(25)11-13-22/h2-13,23H,14-16H2,1H3,(H,26,28)/t23-/m0/s1. The Balaban J connectivity index is 1.63. The summed E-state index contributed by atoms with van der Waals surface area (Å²) in [4.78, 5) is 13.1. The Morgan fingerprint density at radius 2 is 1.65 bits per heavy atom. The maximum absolute atomic E-state index is 13.4. The number of nitrogens with zero attached hydrogens (tertiary/aromatic N) is 1. The van der Waals surface area contributed by atoms with Crippen molar-refractivity contribution >= 4 is 15.9 Å². The van der Waals surface area contributed by atoms with E-state index in [1.807, 2.05) is 55.5 Å². The second kappa shape index (κ2) is 8.61. The van der Waals surface area contributed by atoms with Gasteiger partial charge in [-0.05, 0) is 54.3 Å². The molecule has 4 rings (SSSR count). The van der Waals surface area contributed by atoms with Gasteiger partial charge in [-0.2, -0.15) is 4.31 Å². The summed E-state index contributed by atoms with van der Waals surface area (Å²) in [5, 5.41) is 2.88. The monoisotopic (exact) mass is 438 g/mol. The lowest BCUT2D eigenvalue weighted by Gasteiger charge is -2.35. The molecule has 0 saturated carbocycles. The molecule has 0 radical (unpaired) electrons. The van der Waals surface area contributed by atoms with E-state index in [1.54, 1.807) is 0 Å². The SMILES string of the molecule is Cc1ccc(CNC(=O)[C@@H]2Cc3ccccc3CN2S(=O)(=O)c2ccc(F)cc2)cc1. The second-order valence-corrected chi connectivity index (χ2v) is 9.59. The van der Waals surface area contributed by atoms with Crippen LogP contribution in [0.15, 0.2) is 77.7 Å². The first-order valence-corrected chi connectivity index (χ1v) is 11.5. The van der Waals surface area contributed by atoms with Crippen LogP contribution in [0.1, 0.15) is 22.3 Å². The first kappa shape index (κ1) is 21.2. The highest BCUT2D eigenvalue weighted by Gasteiger charge is 2.39. The van der Waals surface area contributed by atoms with E-state index in [-0.39, 0.29) is 23.8 Å². The van der Waals surface area contributed by atoms with Crippen molar-refractivity contribution in [2.45, 2.75) is 37.4 Å². The van der Waals surface area contributed by atoms with Gasteiger partial charge in [-0.25, -0.2) is 12.8 Å². The lowest BCUT2D eigenvalue weighted by atomic mass is 9.95. The van der Waals surface area contributed by atoms with Crippen LogP contribution in [0.2, 0.25) is 0 Å². The molecule has 1 aliphatic rings. The molecule has 0 aromatic heterocycles. The fraction of sp³-hybridized carbons (Fsp3) is 0.208. The van der Waals surface area contributed by atoms with Gasteiger partial charge >= 0.3 is 0 Å². The summed E-state index contributed by atoms with van der Waals surface area (Å²) in [5.41, 5.74) is 3.86. The van der Waals surface area contributed by atoms with E-state index in [1.165, 1.54) is 16.4 Å². The third kappa shape index (κ3) is 4.52. The maximum atomic E-state index is 13.4. The lowest BCUT2D eigenvalue weighted by molar-refractivity contribution is -0.125. The molecule has 0 bridgehead atoms. The van der Waals surface area contributed by atoms with Crippen molar-refractivity contribution < 1.29 is 17.6 Å². The number of sulfonamides is 1. The van der Waals surface area contributed by atoms with Gasteiger partial charge in [0, 0.05) is 13.1 Å². The van der Waals surface area contributed by atoms with Gasteiger partial charge in [0.2, 0.25) is 15.9 Å². The van der Waals surface area contributed by atoms with Crippen molar-refractivity contribution in [3.05, 3.63) is 101 Å². The van der Waals surface area contributed by atoms with E-state index in [4.69, 9.17) is 0 Å². The number of aryl methyl sites for hydroxylation is 1. The summed E-state index contributed by atoms with van der Waals surface area (Å²) >= 11 is 0. The third-order valence-electron chi connectivity index (χ3n) is 5.52. The average molecular weight is 439 g/mol. The molecule has 0 saturated heterocycles. The predicted octanol–water partition coefficient (Wildman–Crippen LogP) is 3.57. The van der Waals surface area contributed by atoms with Gasteiger partial charge in [0.25, 0.3) is 0 Å². The van der Waals surface area contributed by atoms with Crippen LogP contribution in [-0.4, -0.2) is 24.7 Å². The van der Waals surface area contributed by atoms with Crippen LogP contribution < -0.4 is 5.32 Å². The molecule has 5 nitrogen and oxygen atoms in total. The number of hydrogen-bond acceptors (Lipinski definition) is 3. The van der Waals surface area contributed by atoms with Crippen LogP contribution in [0.25, 0.3) is 0 Å². The third-order valence-corrected chi connectivity index (χ3v) is 7.38. The van der Waals surface area contributed by atoms with Crippen LogP contribution >= 0.6 is 0 Å². The van der Waals surface area contributed by atoms with Crippen LogP contribution in [0.5, 0.6) is 0 Å². The van der Waals surface area contributed by atoms with Crippen molar-refractivity contribution in [3.63, 3.8) is 0 Å². The summed E-state index contributed by atoms with van der Waals surface area (Å²) in [6.07, 6.45) is 0.274. The number of benzene rings is 3. The van der Waals surface area contributed by atoms with Crippen molar-refractivity contribution in [2.24, 2.45) is 0 Å². The van der Waals surface area contributed by atoms with E-state index < -0.39 is 21.9 Å². The van der Waals surface area contributed by atoms with Gasteiger partial charge in [0.05, 0.1) is 4.90 Å². The largest absolute Gasteiger partial charge is 0.351 e. The molecule has 160 valence electrons. The molecule has 1 heterocycles. The minimum absolute atomic E-state index is 0.0374. The van der Waals surface area contributed by atoms with Gasteiger partial charge in [-0.3, -0.25) is 4.79 Å². The Labute approximate surface area is 181 Å². The first-order chi connectivity index (χ1) is 14.8. The minimum Gasteiger partial charge on any atom is -0.351 e. The van der Waals surface area contributed by atoms with Gasteiger partial charge < -0.3 is 5.32 Å². The number of carbonyl (C=O) groups excluding carboxylic acids is 1. The normalized spacial score (nSPS) is 16.5. The molecular formula is C24H23FN2O3S. The number of nitrogens with one attached hydrogen (secondary N) is 1. The highest BCUT2D eigenvalue weighted by Crippen LogP contribution is 2.29. The summed E-state index contributed by atoms with van der Waals surface area (Å²) in [5.74, 6) is -0.879. The van der Waals surface area contributed by atoms with Crippen LogP contribution in [-0.2, 0) is 34.3 Å². The highest BCUT2D eigenvalue weighted by molar-refractivity contribution is 7.89. The highest BCUT2D eigenvalue weighted by atomic mass is 32.2. The Morgan fingerprint density at radius 3 is 2.32 bits per heavy atom. The number of rotatable bonds is 5. The zero-order chi connectivity index (χ0) is 22.0. The molecule has 0 aliphatic carbocycles. The van der Waals surface area contributed by atoms with Crippen LogP contribution in [0.4, 0.5) is 4.39 Å². The van der Waals surface area contributed by atoms with E-state index in [9.17, 15) is 17.6 Å². The zero-order valence-corrected chi connectivity index (χ0v) is 17.9. The molecule has 1 atom stereocenters. The molecule has 0 fully saturated rings. The molecular weight excluding hydrogens is 415 g/mol. The molecule has 7 heteroatoms. The average Bonchev–Trinajstić information content (AvgIpc) is 2.78. The Kier molecular flexibility index (Phi) is 5.89. The van der Waals surface area contributed by atoms with Crippen LogP contribution in [0.3, 0.4) is 0 Å². The van der Waals surface area contributed by atoms with E-state index in [2.05, 4.69) is 5.32 Å². The quantitative estimate of drug-likeness (QED) is 0.662. The van der Waals surface area contributed by atoms with E-state index in [0.717, 1.165) is 34.4 Å². The summed E-state index contributed by atoms with van der Waals surface area (Å²) in [6.45, 7) is 2.38. The Morgan fingerprint density at radius 1 is 1.00 bits per heavy atom. The number of carbonyl (C=O) groups is 1. The van der Waals surface area contributed by atoms with Gasteiger partial charge in [0.1, 0.15) is 11.9 Å². The fourth-order valence-electron chi connectivity index (χ4n) is 3.73. The van der Waals surface area contributed by atoms with E-state index in [0.29, 0.717) is 6.54 Å². The minimum atomic E-state index is -4.00. The summed E-state index contributed by atoms with van der Waals surface area (Å²) < 4.78 is 41.3. The van der Waals surface area contributed by atoms with Gasteiger partial charge in [-0.15, -0.1) is 0 Å². The summed E-state index contributed by atoms with van der Waals surface area (Å²) in [6, 6.07) is 19.1. The summed E-state index contributed by atoms with van der Waals surface area (Å²) in [7, 11) is -4.00. The van der Waals surface area contributed by atoms with Crippen molar-refractivity contribution in [1.29, 1.82) is 0 Å². The topological polar surface area (TPSA) is 66.5 Å². The molecule has 1 amide bonds. The molecule has 1 aliphatic heterocycles. The molecule has 1 N–H and O–H groups in total. The number of amides is 1. The smallest absolute Gasteiger partial charge is 0.244 e. The van der Waals surface area contributed by atoms with Crippen molar-refractivity contribution in [2.75, 3.05) is 0 Å². The fourth-order valence-corrected chi connectivity index (χ4v) is 5.30. The Bertz CT molecular complexity index is 1190. The molecule has 31 heavy (non-hydrogen) atoms. The zero-order valence-electron chi connectivity index (χ0n) is 17.1. The van der Waals surface area contributed by atoms with E-state index >= 15 is 0 Å². The predicted molar refractivity (Wildman–Crippen MR) is 116 cm³/mol. The number of fused-ring (bicyclic) bond motifs is 1. The van der Waals surface area contributed by atoms with Gasteiger partial charge in [-0.1, -0.05) is 54.1 Å². The maximum Gasteiger partial charge on any atom is 0.244 e. The second-order valence-electron chi connectivity index (χ2n) is 7.70. The number of halogens is 1. The van der Waals surface area contributed by atoms with Crippen molar-refractivity contribution in [3.8, 4) is 0 Å². The van der Waals surface area contributed by atoms with Crippen LogP contribution in [0, 0.1) is 12.7 Å². The number of hydrogen-bond donors (Lipinski definition) is 1. The van der Waals surface area contributed by atoms with Crippen molar-refractivity contribution in [1.82, 2.24) is 9.62 Å².